The molecule has 0 spiro atoms. The molecule has 0 saturated carbocycles. The molecule has 0 bridgehead atoms. The Hall–Kier alpha value is -0.990. The van der Waals surface area contributed by atoms with Crippen LogP contribution in [0.4, 0.5) is 0 Å². The van der Waals surface area contributed by atoms with E-state index in [1.54, 1.807) is 0 Å². The molecule has 1 aromatic heterocycles. The zero-order valence-corrected chi connectivity index (χ0v) is 12.1. The summed E-state index contributed by atoms with van der Waals surface area (Å²) in [4.78, 5) is 3.27. The number of H-pyrrole nitrogens is 1. The molecule has 1 heterocycles. The van der Waals surface area contributed by atoms with Gasteiger partial charge in [-0.05, 0) is 38.0 Å². The van der Waals surface area contributed by atoms with Gasteiger partial charge >= 0.3 is 0 Å². The first kappa shape index (κ1) is 13.4. The molecule has 2 aromatic rings. The van der Waals surface area contributed by atoms with Crippen LogP contribution in [-0.4, -0.2) is 10.5 Å². The average molecular weight is 265 g/mol. The Morgan fingerprint density at radius 3 is 2.83 bits per heavy atom. The Morgan fingerprint density at radius 2 is 2.11 bits per heavy atom. The maximum atomic E-state index is 5.98. The first-order valence-corrected chi connectivity index (χ1v) is 6.90. The van der Waals surface area contributed by atoms with Gasteiger partial charge in [-0.2, -0.15) is 0 Å². The highest BCUT2D eigenvalue weighted by atomic mass is 35.5. The third-order valence-electron chi connectivity index (χ3n) is 3.36. The van der Waals surface area contributed by atoms with Crippen molar-refractivity contribution in [1.82, 2.24) is 10.3 Å². The highest BCUT2D eigenvalue weighted by Gasteiger charge is 2.16. The molecule has 2 nitrogen and oxygen atoms in total. The van der Waals surface area contributed by atoms with Crippen LogP contribution >= 0.6 is 11.6 Å². The van der Waals surface area contributed by atoms with Crippen molar-refractivity contribution in [3.63, 3.8) is 0 Å². The van der Waals surface area contributed by atoms with E-state index in [1.807, 2.05) is 12.1 Å². The minimum Gasteiger partial charge on any atom is -0.361 e. The molecule has 0 aliphatic rings. The SMILES string of the molecule is CCCC(C)(C)NCc1c[nH]c2cc(Cl)ccc12. The van der Waals surface area contributed by atoms with Crippen LogP contribution in [0, 0.1) is 0 Å². The zero-order valence-electron chi connectivity index (χ0n) is 11.3. The van der Waals surface area contributed by atoms with Gasteiger partial charge in [0.05, 0.1) is 0 Å². The van der Waals surface area contributed by atoms with E-state index in [0.29, 0.717) is 0 Å². The monoisotopic (exact) mass is 264 g/mol. The second-order valence-corrected chi connectivity index (χ2v) is 5.93. The Morgan fingerprint density at radius 1 is 1.33 bits per heavy atom. The van der Waals surface area contributed by atoms with Crippen LogP contribution in [0.3, 0.4) is 0 Å². The van der Waals surface area contributed by atoms with Gasteiger partial charge in [0.1, 0.15) is 0 Å². The Kier molecular flexibility index (Phi) is 3.98. The highest BCUT2D eigenvalue weighted by molar-refractivity contribution is 6.31. The van der Waals surface area contributed by atoms with Crippen LogP contribution in [0.5, 0.6) is 0 Å². The van der Waals surface area contributed by atoms with Gasteiger partial charge in [-0.25, -0.2) is 0 Å². The lowest BCUT2D eigenvalue weighted by atomic mass is 9.98. The summed E-state index contributed by atoms with van der Waals surface area (Å²) >= 11 is 5.98. The van der Waals surface area contributed by atoms with Gasteiger partial charge in [0.25, 0.3) is 0 Å². The van der Waals surface area contributed by atoms with E-state index in [9.17, 15) is 0 Å². The van der Waals surface area contributed by atoms with Crippen LogP contribution in [0.1, 0.15) is 39.2 Å². The van der Waals surface area contributed by atoms with Crippen LogP contribution < -0.4 is 5.32 Å². The standard InChI is InChI=1S/C15H21ClN2/c1-4-7-15(2,3)18-10-11-9-17-14-8-12(16)5-6-13(11)14/h5-6,8-9,17-18H,4,7,10H2,1-3H3. The molecule has 2 rings (SSSR count). The quantitative estimate of drug-likeness (QED) is 0.818. The van der Waals surface area contributed by atoms with Gasteiger partial charge in [-0.15, -0.1) is 0 Å². The zero-order chi connectivity index (χ0) is 13.2. The van der Waals surface area contributed by atoms with Crippen molar-refractivity contribution in [3.05, 3.63) is 35.0 Å². The molecule has 1 aromatic carbocycles. The fraction of sp³-hybridized carbons (Fsp3) is 0.467. The maximum absolute atomic E-state index is 5.98. The van der Waals surface area contributed by atoms with Crippen molar-refractivity contribution in [1.29, 1.82) is 0 Å². The molecule has 98 valence electrons. The number of aromatic nitrogens is 1. The van der Waals surface area contributed by atoms with E-state index in [0.717, 1.165) is 17.1 Å². The predicted octanol–water partition coefficient (Wildman–Crippen LogP) is 4.49. The van der Waals surface area contributed by atoms with Gasteiger partial charge in [0, 0.05) is 34.2 Å². The summed E-state index contributed by atoms with van der Waals surface area (Å²) in [5.41, 5.74) is 2.59. The average Bonchev–Trinajstić information content (AvgIpc) is 2.68. The predicted molar refractivity (Wildman–Crippen MR) is 79.1 cm³/mol. The van der Waals surface area contributed by atoms with Crippen LogP contribution in [0.25, 0.3) is 10.9 Å². The summed E-state index contributed by atoms with van der Waals surface area (Å²) < 4.78 is 0. The summed E-state index contributed by atoms with van der Waals surface area (Å²) in [7, 11) is 0. The van der Waals surface area contributed by atoms with Crippen molar-refractivity contribution in [2.45, 2.75) is 45.7 Å². The van der Waals surface area contributed by atoms with Gasteiger partial charge in [-0.1, -0.05) is 31.0 Å². The lowest BCUT2D eigenvalue weighted by molar-refractivity contribution is 0.357. The number of hydrogen-bond donors (Lipinski definition) is 2. The van der Waals surface area contributed by atoms with Crippen LogP contribution in [-0.2, 0) is 6.54 Å². The third kappa shape index (κ3) is 3.06. The van der Waals surface area contributed by atoms with Gasteiger partial charge in [0.2, 0.25) is 0 Å². The third-order valence-corrected chi connectivity index (χ3v) is 3.60. The Balaban J connectivity index is 2.13. The second-order valence-electron chi connectivity index (χ2n) is 5.49. The first-order valence-electron chi connectivity index (χ1n) is 6.52. The lowest BCUT2D eigenvalue weighted by Crippen LogP contribution is -2.38. The number of aromatic amines is 1. The molecule has 0 aliphatic heterocycles. The fourth-order valence-corrected chi connectivity index (χ4v) is 2.52. The summed E-state index contributed by atoms with van der Waals surface area (Å²) in [6.07, 6.45) is 4.45. The number of benzene rings is 1. The Labute approximate surface area is 114 Å². The van der Waals surface area contributed by atoms with E-state index >= 15 is 0 Å². The van der Waals surface area contributed by atoms with E-state index < -0.39 is 0 Å². The Bertz CT molecular complexity index is 528. The summed E-state index contributed by atoms with van der Waals surface area (Å²) in [5.74, 6) is 0. The highest BCUT2D eigenvalue weighted by Crippen LogP contribution is 2.22. The molecule has 0 unspecified atom stereocenters. The molecular formula is C15H21ClN2. The molecule has 0 atom stereocenters. The molecule has 2 N–H and O–H groups in total. The molecule has 0 saturated heterocycles. The number of hydrogen-bond acceptors (Lipinski definition) is 1. The number of fused-ring (bicyclic) bond motifs is 1. The summed E-state index contributed by atoms with van der Waals surface area (Å²) in [6, 6.07) is 5.99. The smallest absolute Gasteiger partial charge is 0.0472 e. The second kappa shape index (κ2) is 5.33. The largest absolute Gasteiger partial charge is 0.361 e. The van der Waals surface area contributed by atoms with E-state index in [-0.39, 0.29) is 5.54 Å². The molecular weight excluding hydrogens is 244 g/mol. The topological polar surface area (TPSA) is 27.8 Å². The normalized spacial score (nSPS) is 12.2. The maximum Gasteiger partial charge on any atom is 0.0472 e. The minimum absolute atomic E-state index is 0.185. The number of halogens is 1. The van der Waals surface area contributed by atoms with Gasteiger partial charge < -0.3 is 10.3 Å². The van der Waals surface area contributed by atoms with Crippen LogP contribution in [0.2, 0.25) is 5.02 Å². The van der Waals surface area contributed by atoms with E-state index in [2.05, 4.69) is 43.3 Å². The molecule has 0 fully saturated rings. The first-order chi connectivity index (χ1) is 8.52. The van der Waals surface area contributed by atoms with Crippen molar-refractivity contribution in [2.75, 3.05) is 0 Å². The van der Waals surface area contributed by atoms with E-state index in [4.69, 9.17) is 11.6 Å². The lowest BCUT2D eigenvalue weighted by Gasteiger charge is -2.25. The van der Waals surface area contributed by atoms with Gasteiger partial charge in [-0.3, -0.25) is 0 Å². The minimum atomic E-state index is 0.185. The van der Waals surface area contributed by atoms with Crippen molar-refractivity contribution < 1.29 is 0 Å². The fourth-order valence-electron chi connectivity index (χ4n) is 2.35. The van der Waals surface area contributed by atoms with Crippen LogP contribution in [0.15, 0.2) is 24.4 Å². The molecule has 0 aliphatic carbocycles. The van der Waals surface area contributed by atoms with Gasteiger partial charge in [0.15, 0.2) is 0 Å². The van der Waals surface area contributed by atoms with E-state index in [1.165, 1.54) is 23.8 Å². The number of nitrogens with one attached hydrogen (secondary N) is 2. The molecule has 3 heteroatoms. The molecule has 0 amide bonds. The van der Waals surface area contributed by atoms with Crippen molar-refractivity contribution >= 4 is 22.5 Å². The molecule has 18 heavy (non-hydrogen) atoms. The molecule has 0 radical (unpaired) electrons. The summed E-state index contributed by atoms with van der Waals surface area (Å²) in [5, 5.41) is 5.64. The number of rotatable bonds is 5. The van der Waals surface area contributed by atoms with Crippen molar-refractivity contribution in [2.24, 2.45) is 0 Å². The summed E-state index contributed by atoms with van der Waals surface area (Å²) in [6.45, 7) is 7.61. The van der Waals surface area contributed by atoms with Crippen molar-refractivity contribution in [3.8, 4) is 0 Å².